The normalized spacial score (nSPS) is 14.6. The molecule has 0 aromatic heterocycles. The van der Waals surface area contributed by atoms with E-state index in [9.17, 15) is 18.8 Å². The highest BCUT2D eigenvalue weighted by Gasteiger charge is 2.40. The molecule has 1 heterocycles. The van der Waals surface area contributed by atoms with Crippen molar-refractivity contribution in [1.29, 1.82) is 0 Å². The molecule has 0 aliphatic carbocycles. The molecule has 0 atom stereocenters. The van der Waals surface area contributed by atoms with Crippen LogP contribution in [0.25, 0.3) is 0 Å². The van der Waals surface area contributed by atoms with E-state index >= 15 is 0 Å². The maximum atomic E-state index is 13.6. The summed E-state index contributed by atoms with van der Waals surface area (Å²) in [5, 5.41) is 2.72. The predicted molar refractivity (Wildman–Crippen MR) is 102 cm³/mol. The van der Waals surface area contributed by atoms with E-state index < -0.39 is 11.3 Å². The number of rotatable bonds is 6. The summed E-state index contributed by atoms with van der Waals surface area (Å²) in [4.78, 5) is 40.3. The van der Waals surface area contributed by atoms with Gasteiger partial charge in [0.25, 0.3) is 0 Å². The third-order valence-corrected chi connectivity index (χ3v) is 4.83. The smallest absolute Gasteiger partial charge is 0.409 e. The van der Waals surface area contributed by atoms with Crippen LogP contribution in [0.5, 0.6) is 0 Å². The van der Waals surface area contributed by atoms with Crippen LogP contribution in [0.15, 0.2) is 24.3 Å². The molecule has 0 bridgehead atoms. The quantitative estimate of drug-likeness (QED) is 0.748. The fourth-order valence-corrected chi connectivity index (χ4v) is 3.03. The van der Waals surface area contributed by atoms with Crippen molar-refractivity contribution in [2.45, 2.75) is 27.2 Å². The summed E-state index contributed by atoms with van der Waals surface area (Å²) in [5.41, 5.74) is -0.733. The third kappa shape index (κ3) is 5.21. The number of nitrogens with one attached hydrogen (secondary N) is 1. The lowest BCUT2D eigenvalue weighted by Gasteiger charge is -2.37. The number of halogens is 1. The van der Waals surface area contributed by atoms with Gasteiger partial charge >= 0.3 is 6.09 Å². The molecule has 1 fully saturated rings. The molecule has 28 heavy (non-hydrogen) atoms. The molecule has 154 valence electrons. The van der Waals surface area contributed by atoms with Gasteiger partial charge in [0, 0.05) is 32.7 Å². The molecule has 7 nitrogen and oxygen atoms in total. The molecule has 0 spiro atoms. The van der Waals surface area contributed by atoms with Crippen LogP contribution in [-0.4, -0.2) is 67.0 Å². The Labute approximate surface area is 164 Å². The van der Waals surface area contributed by atoms with Crippen LogP contribution >= 0.6 is 0 Å². The van der Waals surface area contributed by atoms with Crippen molar-refractivity contribution >= 4 is 17.9 Å². The van der Waals surface area contributed by atoms with Crippen molar-refractivity contribution < 1.29 is 23.5 Å². The van der Waals surface area contributed by atoms with Crippen molar-refractivity contribution in [3.05, 3.63) is 35.6 Å². The average molecular weight is 393 g/mol. The fraction of sp³-hybridized carbons (Fsp3) is 0.550. The van der Waals surface area contributed by atoms with Crippen molar-refractivity contribution in [2.75, 3.05) is 39.3 Å². The molecule has 8 heteroatoms. The Balaban J connectivity index is 1.85. The highest BCUT2D eigenvalue weighted by Crippen LogP contribution is 2.21. The SMILES string of the molecule is CCOC(=O)N1CCN(C(=O)C(C)(C)C(=O)NCCc2ccccc2F)CC1. The van der Waals surface area contributed by atoms with Gasteiger partial charge in [-0.15, -0.1) is 0 Å². The van der Waals surface area contributed by atoms with Crippen LogP contribution in [-0.2, 0) is 20.7 Å². The summed E-state index contributed by atoms with van der Waals surface area (Å²) in [7, 11) is 0. The Bertz CT molecular complexity index is 715. The third-order valence-electron chi connectivity index (χ3n) is 4.83. The molecule has 0 saturated carbocycles. The number of nitrogens with zero attached hydrogens (tertiary/aromatic N) is 2. The Hall–Kier alpha value is -2.64. The number of hydrogen-bond acceptors (Lipinski definition) is 4. The lowest BCUT2D eigenvalue weighted by atomic mass is 9.90. The first-order valence-electron chi connectivity index (χ1n) is 9.50. The average Bonchev–Trinajstić information content (AvgIpc) is 2.69. The molecule has 1 saturated heterocycles. The summed E-state index contributed by atoms with van der Waals surface area (Å²) in [5.74, 6) is -1.01. The minimum Gasteiger partial charge on any atom is -0.450 e. The number of ether oxygens (including phenoxy) is 1. The van der Waals surface area contributed by atoms with Gasteiger partial charge in [0.1, 0.15) is 11.2 Å². The fourth-order valence-electron chi connectivity index (χ4n) is 3.03. The molecule has 0 radical (unpaired) electrons. The summed E-state index contributed by atoms with van der Waals surface area (Å²) in [6.45, 7) is 6.88. The number of amides is 3. The molecular weight excluding hydrogens is 365 g/mol. The number of carbonyl (C=O) groups excluding carboxylic acids is 3. The van der Waals surface area contributed by atoms with Gasteiger partial charge < -0.3 is 19.9 Å². The Morgan fingerprint density at radius 1 is 1.11 bits per heavy atom. The van der Waals surface area contributed by atoms with Gasteiger partial charge in [-0.1, -0.05) is 18.2 Å². The molecular formula is C20H28FN3O4. The van der Waals surface area contributed by atoms with Crippen LogP contribution < -0.4 is 5.32 Å². The van der Waals surface area contributed by atoms with Crippen LogP contribution in [0.2, 0.25) is 0 Å². The Kier molecular flexibility index (Phi) is 7.37. The summed E-state index contributed by atoms with van der Waals surface area (Å²) in [6, 6.07) is 6.39. The predicted octanol–water partition coefficient (Wildman–Crippen LogP) is 1.81. The van der Waals surface area contributed by atoms with E-state index in [-0.39, 0.29) is 24.4 Å². The van der Waals surface area contributed by atoms with Crippen LogP contribution in [0.3, 0.4) is 0 Å². The van der Waals surface area contributed by atoms with Crippen LogP contribution in [0, 0.1) is 11.2 Å². The summed E-state index contributed by atoms with van der Waals surface area (Å²) >= 11 is 0. The molecule has 1 N–H and O–H groups in total. The number of piperazine rings is 1. The van der Waals surface area contributed by atoms with Gasteiger partial charge in [-0.25, -0.2) is 9.18 Å². The first-order valence-corrected chi connectivity index (χ1v) is 9.50. The van der Waals surface area contributed by atoms with E-state index in [1.54, 1.807) is 48.8 Å². The highest BCUT2D eigenvalue weighted by molar-refractivity contribution is 6.04. The zero-order valence-corrected chi connectivity index (χ0v) is 16.7. The van der Waals surface area contributed by atoms with Gasteiger partial charge in [0.15, 0.2) is 0 Å². The minimum atomic E-state index is -1.25. The Morgan fingerprint density at radius 2 is 1.71 bits per heavy atom. The van der Waals surface area contributed by atoms with E-state index in [1.807, 2.05) is 0 Å². The molecule has 1 aliphatic rings. The second-order valence-corrected chi connectivity index (χ2v) is 7.20. The molecule has 3 amide bonds. The maximum absolute atomic E-state index is 13.6. The lowest BCUT2D eigenvalue weighted by molar-refractivity contribution is -0.149. The number of hydrogen-bond donors (Lipinski definition) is 1. The van der Waals surface area contributed by atoms with Crippen molar-refractivity contribution in [3.63, 3.8) is 0 Å². The largest absolute Gasteiger partial charge is 0.450 e. The molecule has 0 unspecified atom stereocenters. The van der Waals surface area contributed by atoms with Crippen molar-refractivity contribution in [1.82, 2.24) is 15.1 Å². The van der Waals surface area contributed by atoms with Gasteiger partial charge in [0.05, 0.1) is 6.61 Å². The van der Waals surface area contributed by atoms with Gasteiger partial charge in [-0.3, -0.25) is 9.59 Å². The van der Waals surface area contributed by atoms with E-state index in [1.165, 1.54) is 6.07 Å². The van der Waals surface area contributed by atoms with Gasteiger partial charge in [0.2, 0.25) is 11.8 Å². The molecule has 2 rings (SSSR count). The van der Waals surface area contributed by atoms with E-state index in [4.69, 9.17) is 4.74 Å². The first-order chi connectivity index (χ1) is 13.3. The lowest BCUT2D eigenvalue weighted by Crippen LogP contribution is -2.56. The molecule has 1 aromatic rings. The Morgan fingerprint density at radius 3 is 2.32 bits per heavy atom. The van der Waals surface area contributed by atoms with E-state index in [0.29, 0.717) is 44.8 Å². The van der Waals surface area contributed by atoms with Crippen LogP contribution in [0.1, 0.15) is 26.3 Å². The maximum Gasteiger partial charge on any atom is 0.409 e. The molecule has 1 aliphatic heterocycles. The van der Waals surface area contributed by atoms with E-state index in [2.05, 4.69) is 5.32 Å². The summed E-state index contributed by atoms with van der Waals surface area (Å²) < 4.78 is 18.6. The van der Waals surface area contributed by atoms with Crippen molar-refractivity contribution in [3.8, 4) is 0 Å². The zero-order chi connectivity index (χ0) is 20.7. The summed E-state index contributed by atoms with van der Waals surface area (Å²) in [6.07, 6.45) is -0.0410. The second kappa shape index (κ2) is 9.52. The van der Waals surface area contributed by atoms with Crippen molar-refractivity contribution in [2.24, 2.45) is 5.41 Å². The number of benzene rings is 1. The van der Waals surface area contributed by atoms with Gasteiger partial charge in [-0.05, 0) is 38.8 Å². The monoisotopic (exact) mass is 393 g/mol. The number of carbonyl (C=O) groups is 3. The second-order valence-electron chi connectivity index (χ2n) is 7.20. The molecule has 1 aromatic carbocycles. The standard InChI is InChI=1S/C20H28FN3O4/c1-4-28-19(27)24-13-11-23(12-14-24)18(26)20(2,3)17(25)22-10-9-15-7-5-6-8-16(15)21/h5-8H,4,9-14H2,1-3H3,(H,22,25). The first kappa shape index (κ1) is 21.7. The van der Waals surface area contributed by atoms with Gasteiger partial charge in [-0.2, -0.15) is 0 Å². The topological polar surface area (TPSA) is 79.0 Å². The zero-order valence-electron chi connectivity index (χ0n) is 16.7. The van der Waals surface area contributed by atoms with E-state index in [0.717, 1.165) is 0 Å². The highest BCUT2D eigenvalue weighted by atomic mass is 19.1. The minimum absolute atomic E-state index is 0.243. The van der Waals surface area contributed by atoms with Crippen LogP contribution in [0.4, 0.5) is 9.18 Å².